The van der Waals surface area contributed by atoms with E-state index in [2.05, 4.69) is 75.5 Å². The molecule has 0 fully saturated rings. The summed E-state index contributed by atoms with van der Waals surface area (Å²) in [7, 11) is 1.92. The summed E-state index contributed by atoms with van der Waals surface area (Å²) in [6, 6.07) is 21.2. The molecule has 0 bridgehead atoms. The minimum absolute atomic E-state index is 0.839. The number of nitrogens with zero attached hydrogens (tertiary/aromatic N) is 2. The lowest BCUT2D eigenvalue weighted by molar-refractivity contribution is 0.867. The van der Waals surface area contributed by atoms with Crippen LogP contribution in [0.25, 0.3) is 21.8 Å². The molecule has 0 aliphatic carbocycles. The van der Waals surface area contributed by atoms with E-state index in [-0.39, 0.29) is 0 Å². The number of anilines is 1. The summed E-state index contributed by atoms with van der Waals surface area (Å²) in [5, 5.41) is 5.74. The first-order chi connectivity index (χ1) is 10.9. The van der Waals surface area contributed by atoms with Gasteiger partial charge in [-0.2, -0.15) is 0 Å². The minimum atomic E-state index is 0.839. The maximum atomic E-state index is 4.49. The summed E-state index contributed by atoms with van der Waals surface area (Å²) >= 11 is 0. The second-order valence-corrected chi connectivity index (χ2v) is 5.39. The Hall–Kier alpha value is -2.81. The lowest BCUT2D eigenvalue weighted by Gasteiger charge is -2.10. The molecule has 108 valence electrons. The molecule has 0 spiro atoms. The van der Waals surface area contributed by atoms with Crippen LogP contribution in [0.15, 0.2) is 66.9 Å². The predicted molar refractivity (Wildman–Crippen MR) is 92.3 cm³/mol. The van der Waals surface area contributed by atoms with Gasteiger partial charge in [-0.1, -0.05) is 48.5 Å². The van der Waals surface area contributed by atoms with Gasteiger partial charge in [0.15, 0.2) is 0 Å². The Bertz CT molecular complexity index is 939. The van der Waals surface area contributed by atoms with Gasteiger partial charge in [-0.05, 0) is 17.7 Å². The van der Waals surface area contributed by atoms with Crippen molar-refractivity contribution in [3.05, 3.63) is 72.4 Å². The molecule has 2 aromatic carbocycles. The summed E-state index contributed by atoms with van der Waals surface area (Å²) < 4.78 is 2.35. The van der Waals surface area contributed by atoms with Crippen molar-refractivity contribution < 1.29 is 0 Å². The molecule has 22 heavy (non-hydrogen) atoms. The monoisotopic (exact) mass is 287 g/mol. The van der Waals surface area contributed by atoms with Crippen molar-refractivity contribution in [3.63, 3.8) is 0 Å². The second-order valence-electron chi connectivity index (χ2n) is 5.39. The van der Waals surface area contributed by atoms with Gasteiger partial charge in [0, 0.05) is 36.1 Å². The molecule has 1 N–H and O–H groups in total. The highest BCUT2D eigenvalue weighted by Gasteiger charge is 2.14. The summed E-state index contributed by atoms with van der Waals surface area (Å²) in [4.78, 5) is 4.49. The van der Waals surface area contributed by atoms with Crippen LogP contribution in [0.1, 0.15) is 5.56 Å². The van der Waals surface area contributed by atoms with Crippen molar-refractivity contribution in [3.8, 4) is 0 Å². The number of nitrogens with one attached hydrogen (secondary N) is 1. The lowest BCUT2D eigenvalue weighted by atomic mass is 10.2. The van der Waals surface area contributed by atoms with E-state index in [1.807, 2.05) is 13.2 Å². The summed E-state index contributed by atoms with van der Waals surface area (Å²) in [6.45, 7) is 0.839. The van der Waals surface area contributed by atoms with Crippen LogP contribution < -0.4 is 5.32 Å². The predicted octanol–water partition coefficient (Wildman–Crippen LogP) is 4.28. The van der Waals surface area contributed by atoms with E-state index in [0.717, 1.165) is 17.9 Å². The van der Waals surface area contributed by atoms with Crippen LogP contribution in [0.3, 0.4) is 0 Å². The maximum Gasteiger partial charge on any atom is 0.150 e. The van der Waals surface area contributed by atoms with Crippen molar-refractivity contribution in [2.24, 2.45) is 0 Å². The van der Waals surface area contributed by atoms with Gasteiger partial charge >= 0.3 is 0 Å². The Balaban J connectivity index is 2.05. The van der Waals surface area contributed by atoms with Crippen LogP contribution in [-0.2, 0) is 6.54 Å². The largest absolute Gasteiger partial charge is 0.371 e. The fourth-order valence-electron chi connectivity index (χ4n) is 3.11. The first kappa shape index (κ1) is 12.9. The number of fused-ring (bicyclic) bond motifs is 3. The Morgan fingerprint density at radius 2 is 1.68 bits per heavy atom. The highest BCUT2D eigenvalue weighted by molar-refractivity contribution is 6.11. The zero-order valence-electron chi connectivity index (χ0n) is 12.5. The Morgan fingerprint density at radius 1 is 0.909 bits per heavy atom. The Morgan fingerprint density at radius 3 is 2.50 bits per heavy atom. The van der Waals surface area contributed by atoms with Gasteiger partial charge < -0.3 is 9.88 Å². The Kier molecular flexibility index (Phi) is 3.04. The average Bonchev–Trinajstić information content (AvgIpc) is 2.90. The first-order valence-corrected chi connectivity index (χ1v) is 7.46. The fourth-order valence-corrected chi connectivity index (χ4v) is 3.11. The number of benzene rings is 2. The van der Waals surface area contributed by atoms with Crippen LogP contribution in [0.2, 0.25) is 0 Å². The topological polar surface area (TPSA) is 29.9 Å². The molecule has 0 radical (unpaired) electrons. The molecule has 0 amide bonds. The van der Waals surface area contributed by atoms with Crippen molar-refractivity contribution in [1.29, 1.82) is 0 Å². The van der Waals surface area contributed by atoms with Crippen LogP contribution in [-0.4, -0.2) is 16.6 Å². The molecule has 0 unspecified atom stereocenters. The SMILES string of the molecule is CNc1nccc2c3ccccc3n(Cc3ccccc3)c12. The zero-order valence-corrected chi connectivity index (χ0v) is 12.5. The summed E-state index contributed by atoms with van der Waals surface area (Å²) in [6.07, 6.45) is 1.87. The van der Waals surface area contributed by atoms with Crippen molar-refractivity contribution >= 4 is 27.6 Å². The highest BCUT2D eigenvalue weighted by Crippen LogP contribution is 2.32. The fraction of sp³-hybridized carbons (Fsp3) is 0.105. The van der Waals surface area contributed by atoms with E-state index < -0.39 is 0 Å². The number of hydrogen-bond donors (Lipinski definition) is 1. The van der Waals surface area contributed by atoms with E-state index in [4.69, 9.17) is 0 Å². The van der Waals surface area contributed by atoms with Crippen LogP contribution in [0, 0.1) is 0 Å². The molecule has 3 nitrogen and oxygen atoms in total. The van der Waals surface area contributed by atoms with Gasteiger partial charge in [0.25, 0.3) is 0 Å². The first-order valence-electron chi connectivity index (χ1n) is 7.46. The van der Waals surface area contributed by atoms with E-state index in [1.54, 1.807) is 0 Å². The molecule has 4 rings (SSSR count). The van der Waals surface area contributed by atoms with E-state index >= 15 is 0 Å². The van der Waals surface area contributed by atoms with E-state index in [9.17, 15) is 0 Å². The molecule has 0 aliphatic heterocycles. The Labute approximate surface area is 129 Å². The van der Waals surface area contributed by atoms with Gasteiger partial charge in [-0.25, -0.2) is 4.98 Å². The van der Waals surface area contributed by atoms with Gasteiger partial charge in [-0.15, -0.1) is 0 Å². The molecule has 2 aromatic heterocycles. The lowest BCUT2D eigenvalue weighted by Crippen LogP contribution is -2.02. The summed E-state index contributed by atoms with van der Waals surface area (Å²) in [5.74, 6) is 0.921. The third-order valence-electron chi connectivity index (χ3n) is 4.10. The van der Waals surface area contributed by atoms with Gasteiger partial charge in [0.2, 0.25) is 0 Å². The van der Waals surface area contributed by atoms with Crippen molar-refractivity contribution in [2.75, 3.05) is 12.4 Å². The van der Waals surface area contributed by atoms with Crippen molar-refractivity contribution in [1.82, 2.24) is 9.55 Å². The normalized spacial score (nSPS) is 11.1. The number of pyridine rings is 1. The third-order valence-corrected chi connectivity index (χ3v) is 4.10. The van der Waals surface area contributed by atoms with E-state index in [0.29, 0.717) is 0 Å². The smallest absolute Gasteiger partial charge is 0.150 e. The van der Waals surface area contributed by atoms with Gasteiger partial charge in [0.05, 0.1) is 5.52 Å². The quantitative estimate of drug-likeness (QED) is 0.609. The molecule has 2 heterocycles. The second kappa shape index (κ2) is 5.19. The molecule has 0 saturated carbocycles. The number of hydrogen-bond acceptors (Lipinski definition) is 2. The molecular weight excluding hydrogens is 270 g/mol. The number of para-hydroxylation sites is 1. The minimum Gasteiger partial charge on any atom is -0.371 e. The molecule has 0 atom stereocenters. The molecule has 3 heteroatoms. The van der Waals surface area contributed by atoms with Crippen LogP contribution in [0.5, 0.6) is 0 Å². The van der Waals surface area contributed by atoms with E-state index in [1.165, 1.54) is 21.9 Å². The van der Waals surface area contributed by atoms with Gasteiger partial charge in [-0.3, -0.25) is 0 Å². The number of rotatable bonds is 3. The summed E-state index contributed by atoms with van der Waals surface area (Å²) in [5.41, 5.74) is 3.69. The molecule has 0 aliphatic rings. The number of aromatic nitrogens is 2. The molecule has 0 saturated heterocycles. The maximum absolute atomic E-state index is 4.49. The van der Waals surface area contributed by atoms with Crippen molar-refractivity contribution in [2.45, 2.75) is 6.54 Å². The average molecular weight is 287 g/mol. The standard InChI is InChI=1S/C19H17N3/c1-20-19-18-16(11-12-21-19)15-9-5-6-10-17(15)22(18)13-14-7-3-2-4-8-14/h2-12H,13H2,1H3,(H,20,21). The zero-order chi connectivity index (χ0) is 14.9. The molecular formula is C19H17N3. The van der Waals surface area contributed by atoms with Crippen LogP contribution >= 0.6 is 0 Å². The molecule has 4 aromatic rings. The van der Waals surface area contributed by atoms with Crippen LogP contribution in [0.4, 0.5) is 5.82 Å². The van der Waals surface area contributed by atoms with Gasteiger partial charge in [0.1, 0.15) is 5.82 Å². The third kappa shape index (κ3) is 1.94. The highest BCUT2D eigenvalue weighted by atomic mass is 15.0.